The molecule has 1 N–H and O–H groups in total. The Balaban J connectivity index is 1.72. The van der Waals surface area contributed by atoms with Gasteiger partial charge in [-0.15, -0.1) is 0 Å². The fourth-order valence-electron chi connectivity index (χ4n) is 2.91. The summed E-state index contributed by atoms with van der Waals surface area (Å²) in [7, 11) is 0. The number of nitrogens with one attached hydrogen (secondary N) is 1. The van der Waals surface area contributed by atoms with Crippen molar-refractivity contribution >= 4 is 0 Å². The van der Waals surface area contributed by atoms with Crippen LogP contribution in [-0.4, -0.2) is 11.0 Å². The standard InChI is InChI=1S/C15H26N2O/c1-4-5-13-6-8-14(9-7-13)16-10-15-17-11(2)12(3)18-15/h13-14,16H,4-10H2,1-3H3. The van der Waals surface area contributed by atoms with Gasteiger partial charge in [-0.2, -0.15) is 0 Å². The zero-order valence-electron chi connectivity index (χ0n) is 12.0. The van der Waals surface area contributed by atoms with Crippen molar-refractivity contribution < 1.29 is 4.42 Å². The molecule has 2 rings (SSSR count). The van der Waals surface area contributed by atoms with Gasteiger partial charge in [0.2, 0.25) is 5.89 Å². The molecular weight excluding hydrogens is 224 g/mol. The molecule has 1 heterocycles. The fraction of sp³-hybridized carbons (Fsp3) is 0.800. The molecule has 0 unspecified atom stereocenters. The van der Waals surface area contributed by atoms with Gasteiger partial charge in [-0.25, -0.2) is 4.98 Å². The molecule has 0 amide bonds. The third-order valence-corrected chi connectivity index (χ3v) is 4.16. The summed E-state index contributed by atoms with van der Waals surface area (Å²) in [5.74, 6) is 2.75. The van der Waals surface area contributed by atoms with Crippen LogP contribution >= 0.6 is 0 Å². The minimum Gasteiger partial charge on any atom is -0.444 e. The number of oxazole rings is 1. The molecule has 1 aliphatic rings. The number of hydrogen-bond acceptors (Lipinski definition) is 3. The van der Waals surface area contributed by atoms with Gasteiger partial charge in [0.05, 0.1) is 12.2 Å². The SMILES string of the molecule is CCCC1CCC(NCc2nc(C)c(C)o2)CC1. The van der Waals surface area contributed by atoms with E-state index in [0.717, 1.165) is 29.8 Å². The summed E-state index contributed by atoms with van der Waals surface area (Å²) < 4.78 is 5.59. The minimum atomic E-state index is 0.658. The van der Waals surface area contributed by atoms with Crippen LogP contribution in [-0.2, 0) is 6.54 Å². The Hall–Kier alpha value is -0.830. The Morgan fingerprint density at radius 3 is 2.50 bits per heavy atom. The summed E-state index contributed by atoms with van der Waals surface area (Å²) in [5.41, 5.74) is 1.01. The Bertz CT molecular complexity index is 345. The normalized spacial score (nSPS) is 24.4. The van der Waals surface area contributed by atoms with Crippen LogP contribution in [0.2, 0.25) is 0 Å². The molecule has 1 aromatic rings. The van der Waals surface area contributed by atoms with Crippen LogP contribution < -0.4 is 5.32 Å². The lowest BCUT2D eigenvalue weighted by atomic mass is 9.83. The Kier molecular flexibility index (Phi) is 4.81. The molecule has 1 fully saturated rings. The Morgan fingerprint density at radius 1 is 1.22 bits per heavy atom. The van der Waals surface area contributed by atoms with E-state index in [2.05, 4.69) is 17.2 Å². The van der Waals surface area contributed by atoms with Crippen LogP contribution in [0.1, 0.15) is 62.8 Å². The van der Waals surface area contributed by atoms with Gasteiger partial charge in [0.25, 0.3) is 0 Å². The van der Waals surface area contributed by atoms with Gasteiger partial charge >= 0.3 is 0 Å². The topological polar surface area (TPSA) is 38.1 Å². The van der Waals surface area contributed by atoms with E-state index in [9.17, 15) is 0 Å². The van der Waals surface area contributed by atoms with Crippen LogP contribution in [0, 0.1) is 19.8 Å². The summed E-state index contributed by atoms with van der Waals surface area (Å²) in [6.07, 6.45) is 8.12. The van der Waals surface area contributed by atoms with Gasteiger partial charge in [-0.05, 0) is 45.4 Å². The van der Waals surface area contributed by atoms with Crippen molar-refractivity contribution in [1.29, 1.82) is 0 Å². The zero-order valence-corrected chi connectivity index (χ0v) is 12.0. The smallest absolute Gasteiger partial charge is 0.208 e. The third-order valence-electron chi connectivity index (χ3n) is 4.16. The average molecular weight is 250 g/mol. The van der Waals surface area contributed by atoms with Crippen molar-refractivity contribution in [1.82, 2.24) is 10.3 Å². The molecule has 0 radical (unpaired) electrons. The summed E-state index contributed by atoms with van der Waals surface area (Å²) in [6, 6.07) is 0.658. The van der Waals surface area contributed by atoms with Crippen molar-refractivity contribution in [2.75, 3.05) is 0 Å². The molecular formula is C15H26N2O. The van der Waals surface area contributed by atoms with Crippen molar-refractivity contribution in [2.24, 2.45) is 5.92 Å². The van der Waals surface area contributed by atoms with E-state index in [0.29, 0.717) is 6.04 Å². The summed E-state index contributed by atoms with van der Waals surface area (Å²) in [5, 5.41) is 3.58. The van der Waals surface area contributed by atoms with Gasteiger partial charge in [0.1, 0.15) is 5.76 Å². The summed E-state index contributed by atoms with van der Waals surface area (Å²) in [4.78, 5) is 4.41. The predicted octanol–water partition coefficient (Wildman–Crippen LogP) is 3.74. The van der Waals surface area contributed by atoms with E-state index in [4.69, 9.17) is 4.42 Å². The molecule has 3 heteroatoms. The largest absolute Gasteiger partial charge is 0.444 e. The first-order valence-electron chi connectivity index (χ1n) is 7.35. The molecule has 102 valence electrons. The van der Waals surface area contributed by atoms with Gasteiger partial charge in [-0.3, -0.25) is 0 Å². The second-order valence-electron chi connectivity index (χ2n) is 5.64. The molecule has 1 saturated carbocycles. The molecule has 1 aliphatic carbocycles. The number of nitrogens with zero attached hydrogens (tertiary/aromatic N) is 1. The van der Waals surface area contributed by atoms with Gasteiger partial charge in [-0.1, -0.05) is 19.8 Å². The Morgan fingerprint density at radius 2 is 1.94 bits per heavy atom. The van der Waals surface area contributed by atoms with Crippen LogP contribution in [0.5, 0.6) is 0 Å². The molecule has 0 spiro atoms. The van der Waals surface area contributed by atoms with Crippen LogP contribution in [0.15, 0.2) is 4.42 Å². The van der Waals surface area contributed by atoms with E-state index in [1.54, 1.807) is 0 Å². The third kappa shape index (κ3) is 3.58. The number of rotatable bonds is 5. The summed E-state index contributed by atoms with van der Waals surface area (Å²) >= 11 is 0. The zero-order chi connectivity index (χ0) is 13.0. The molecule has 0 atom stereocenters. The second-order valence-corrected chi connectivity index (χ2v) is 5.64. The quantitative estimate of drug-likeness (QED) is 0.865. The lowest BCUT2D eigenvalue weighted by molar-refractivity contribution is 0.271. The molecule has 0 bridgehead atoms. The highest BCUT2D eigenvalue weighted by Gasteiger charge is 2.20. The van der Waals surface area contributed by atoms with Gasteiger partial charge < -0.3 is 9.73 Å². The van der Waals surface area contributed by atoms with E-state index >= 15 is 0 Å². The second kappa shape index (κ2) is 6.37. The first-order chi connectivity index (χ1) is 8.69. The maximum Gasteiger partial charge on any atom is 0.208 e. The molecule has 0 saturated heterocycles. The monoisotopic (exact) mass is 250 g/mol. The van der Waals surface area contributed by atoms with Gasteiger partial charge in [0, 0.05) is 6.04 Å². The fourth-order valence-corrected chi connectivity index (χ4v) is 2.91. The van der Waals surface area contributed by atoms with Crippen LogP contribution in [0.3, 0.4) is 0 Å². The predicted molar refractivity (Wildman–Crippen MR) is 73.5 cm³/mol. The summed E-state index contributed by atoms with van der Waals surface area (Å²) in [6.45, 7) is 7.04. The highest BCUT2D eigenvalue weighted by atomic mass is 16.4. The van der Waals surface area contributed by atoms with Crippen LogP contribution in [0.25, 0.3) is 0 Å². The maximum atomic E-state index is 5.59. The molecule has 3 nitrogen and oxygen atoms in total. The van der Waals surface area contributed by atoms with Crippen molar-refractivity contribution in [3.8, 4) is 0 Å². The lowest BCUT2D eigenvalue weighted by Gasteiger charge is -2.28. The van der Waals surface area contributed by atoms with Crippen molar-refractivity contribution in [3.05, 3.63) is 17.3 Å². The first kappa shape index (κ1) is 13.6. The molecule has 1 aromatic heterocycles. The lowest BCUT2D eigenvalue weighted by Crippen LogP contribution is -2.32. The molecule has 18 heavy (non-hydrogen) atoms. The highest BCUT2D eigenvalue weighted by Crippen LogP contribution is 2.27. The van der Waals surface area contributed by atoms with Crippen molar-refractivity contribution in [3.63, 3.8) is 0 Å². The van der Waals surface area contributed by atoms with Crippen molar-refractivity contribution in [2.45, 2.75) is 71.9 Å². The average Bonchev–Trinajstić information content (AvgIpc) is 2.68. The minimum absolute atomic E-state index is 0.658. The van der Waals surface area contributed by atoms with E-state index < -0.39 is 0 Å². The Labute approximate surface area is 110 Å². The van der Waals surface area contributed by atoms with E-state index in [-0.39, 0.29) is 0 Å². The number of hydrogen-bond donors (Lipinski definition) is 1. The number of aromatic nitrogens is 1. The van der Waals surface area contributed by atoms with Gasteiger partial charge in [0.15, 0.2) is 0 Å². The molecule has 0 aliphatic heterocycles. The van der Waals surface area contributed by atoms with E-state index in [1.165, 1.54) is 38.5 Å². The number of aryl methyl sites for hydroxylation is 2. The van der Waals surface area contributed by atoms with Crippen LogP contribution in [0.4, 0.5) is 0 Å². The molecule has 0 aromatic carbocycles. The maximum absolute atomic E-state index is 5.59. The highest BCUT2D eigenvalue weighted by molar-refractivity contribution is 5.05. The van der Waals surface area contributed by atoms with E-state index in [1.807, 2.05) is 13.8 Å². The first-order valence-corrected chi connectivity index (χ1v) is 7.35.